The van der Waals surface area contributed by atoms with Gasteiger partial charge in [0.1, 0.15) is 5.69 Å². The zero-order valence-electron chi connectivity index (χ0n) is 18.7. The average Bonchev–Trinajstić information content (AvgIpc) is 3.22. The van der Waals surface area contributed by atoms with E-state index in [1.54, 1.807) is 0 Å². The SMILES string of the molecule is CNCc1nn(-c2ccc(C3(N)CCC3)cc2)c2c3cc(-c4ccccc4)cnc3cc[n+]12. The van der Waals surface area contributed by atoms with Gasteiger partial charge in [0.2, 0.25) is 0 Å². The van der Waals surface area contributed by atoms with Crippen LogP contribution in [0.25, 0.3) is 33.4 Å². The molecule has 1 aliphatic carbocycles. The lowest BCUT2D eigenvalue weighted by molar-refractivity contribution is -0.521. The van der Waals surface area contributed by atoms with E-state index in [1.165, 1.54) is 12.0 Å². The lowest BCUT2D eigenvalue weighted by atomic mass is 9.73. The number of nitrogens with zero attached hydrogens (tertiary/aromatic N) is 4. The Labute approximate surface area is 192 Å². The first-order valence-corrected chi connectivity index (χ1v) is 11.5. The molecule has 0 unspecified atom stereocenters. The van der Waals surface area contributed by atoms with Gasteiger partial charge in [0.25, 0.3) is 11.5 Å². The van der Waals surface area contributed by atoms with Crippen LogP contribution in [0.1, 0.15) is 30.7 Å². The lowest BCUT2D eigenvalue weighted by Crippen LogP contribution is -2.43. The van der Waals surface area contributed by atoms with Gasteiger partial charge in [-0.25, -0.2) is 0 Å². The Bertz CT molecular complexity index is 1450. The van der Waals surface area contributed by atoms with Crippen molar-refractivity contribution >= 4 is 16.6 Å². The van der Waals surface area contributed by atoms with Crippen molar-refractivity contribution in [2.45, 2.75) is 31.3 Å². The molecule has 164 valence electrons. The molecular weight excluding hydrogens is 408 g/mol. The molecule has 3 aromatic heterocycles. The Morgan fingerprint density at radius 3 is 2.52 bits per heavy atom. The van der Waals surface area contributed by atoms with E-state index in [4.69, 9.17) is 15.8 Å². The van der Waals surface area contributed by atoms with Crippen molar-refractivity contribution < 1.29 is 4.40 Å². The highest BCUT2D eigenvalue weighted by atomic mass is 15.4. The Hall–Kier alpha value is -3.61. The van der Waals surface area contributed by atoms with E-state index in [9.17, 15) is 0 Å². The van der Waals surface area contributed by atoms with Gasteiger partial charge in [0.05, 0.1) is 23.6 Å². The average molecular weight is 436 g/mol. The van der Waals surface area contributed by atoms with Crippen molar-refractivity contribution in [3.8, 4) is 16.8 Å². The number of hydrogen-bond acceptors (Lipinski definition) is 4. The predicted octanol–water partition coefficient (Wildman–Crippen LogP) is 3.88. The van der Waals surface area contributed by atoms with E-state index in [2.05, 4.69) is 76.6 Å². The minimum absolute atomic E-state index is 0.169. The van der Waals surface area contributed by atoms with Crippen LogP contribution in [-0.2, 0) is 12.1 Å². The van der Waals surface area contributed by atoms with E-state index in [-0.39, 0.29) is 5.54 Å². The summed E-state index contributed by atoms with van der Waals surface area (Å²) in [6.07, 6.45) is 7.31. The monoisotopic (exact) mass is 435 g/mol. The molecule has 0 radical (unpaired) electrons. The fourth-order valence-corrected chi connectivity index (χ4v) is 4.80. The maximum Gasteiger partial charge on any atom is 0.296 e. The quantitative estimate of drug-likeness (QED) is 0.411. The van der Waals surface area contributed by atoms with E-state index in [0.29, 0.717) is 6.54 Å². The molecule has 2 aromatic carbocycles. The Kier molecular flexibility index (Phi) is 4.71. The van der Waals surface area contributed by atoms with E-state index in [1.807, 2.05) is 24.0 Å². The molecule has 0 bridgehead atoms. The summed E-state index contributed by atoms with van der Waals surface area (Å²) >= 11 is 0. The zero-order chi connectivity index (χ0) is 22.4. The van der Waals surface area contributed by atoms with Crippen LogP contribution in [0.2, 0.25) is 0 Å². The number of fused-ring (bicyclic) bond motifs is 3. The Morgan fingerprint density at radius 1 is 1.03 bits per heavy atom. The molecule has 0 aliphatic heterocycles. The summed E-state index contributed by atoms with van der Waals surface area (Å²) in [6, 6.07) is 23.2. The number of pyridine rings is 2. The Balaban J connectivity index is 1.56. The molecule has 1 saturated carbocycles. The number of rotatable bonds is 5. The molecule has 1 fully saturated rings. The summed E-state index contributed by atoms with van der Waals surface area (Å²) < 4.78 is 4.18. The summed E-state index contributed by atoms with van der Waals surface area (Å²) in [6.45, 7) is 0.662. The van der Waals surface area contributed by atoms with Gasteiger partial charge in [0.15, 0.2) is 0 Å². The van der Waals surface area contributed by atoms with Gasteiger partial charge in [-0.05, 0) is 61.7 Å². The van der Waals surface area contributed by atoms with E-state index >= 15 is 0 Å². The molecule has 0 spiro atoms. The lowest BCUT2D eigenvalue weighted by Gasteiger charge is -2.38. The first kappa shape index (κ1) is 20.0. The third-order valence-corrected chi connectivity index (χ3v) is 6.84. The van der Waals surface area contributed by atoms with Crippen LogP contribution in [0.5, 0.6) is 0 Å². The standard InChI is InChI=1S/C27H27N6/c1-29-18-25-31-33(22-10-8-21(9-11-22)27(28)13-5-14-27)26-23-16-20(19-6-3-2-4-7-19)17-30-24(23)12-15-32(25)26/h2-4,6-12,15-17,29H,5,13-14,18,28H2,1H3/q+1. The smallest absolute Gasteiger partial charge is 0.296 e. The van der Waals surface area contributed by atoms with Crippen LogP contribution < -0.4 is 15.5 Å². The van der Waals surface area contributed by atoms with Crippen LogP contribution in [0.3, 0.4) is 0 Å². The summed E-state index contributed by atoms with van der Waals surface area (Å²) in [5.74, 6) is 0.942. The maximum absolute atomic E-state index is 6.55. The van der Waals surface area contributed by atoms with Gasteiger partial charge in [-0.15, -0.1) is 0 Å². The molecule has 0 atom stereocenters. The third-order valence-electron chi connectivity index (χ3n) is 6.84. The topological polar surface area (TPSA) is 72.9 Å². The van der Waals surface area contributed by atoms with Crippen LogP contribution in [-0.4, -0.2) is 21.8 Å². The van der Waals surface area contributed by atoms with Crippen LogP contribution in [0, 0.1) is 0 Å². The van der Waals surface area contributed by atoms with Gasteiger partial charge in [-0.3, -0.25) is 4.98 Å². The molecular formula is C27H27N6+. The first-order chi connectivity index (χ1) is 16.2. The number of nitrogens with two attached hydrogens (primary N) is 1. The van der Waals surface area contributed by atoms with Crippen LogP contribution >= 0.6 is 0 Å². The molecule has 5 aromatic rings. The highest BCUT2D eigenvalue weighted by molar-refractivity contribution is 5.92. The van der Waals surface area contributed by atoms with Gasteiger partial charge in [0, 0.05) is 22.4 Å². The largest absolute Gasteiger partial charge is 0.321 e. The third kappa shape index (κ3) is 3.30. The second-order valence-electron chi connectivity index (χ2n) is 8.95. The summed E-state index contributed by atoms with van der Waals surface area (Å²) in [5.41, 5.74) is 12.8. The molecule has 3 N–H and O–H groups in total. The van der Waals surface area contributed by atoms with Gasteiger partial charge in [-0.2, -0.15) is 4.40 Å². The molecule has 6 nitrogen and oxygen atoms in total. The van der Waals surface area contributed by atoms with Crippen LogP contribution in [0.15, 0.2) is 79.1 Å². The van der Waals surface area contributed by atoms with Crippen molar-refractivity contribution in [1.82, 2.24) is 20.1 Å². The summed E-state index contributed by atoms with van der Waals surface area (Å²) in [5, 5.41) is 9.29. The second-order valence-corrected chi connectivity index (χ2v) is 8.95. The van der Waals surface area contributed by atoms with Crippen molar-refractivity contribution in [2.75, 3.05) is 7.05 Å². The van der Waals surface area contributed by atoms with Crippen molar-refractivity contribution in [3.63, 3.8) is 0 Å². The fraction of sp³-hybridized carbons (Fsp3) is 0.222. The Morgan fingerprint density at radius 2 is 1.82 bits per heavy atom. The number of benzene rings is 2. The highest BCUT2D eigenvalue weighted by Gasteiger charge is 2.34. The molecule has 6 heteroatoms. The zero-order valence-corrected chi connectivity index (χ0v) is 18.7. The molecule has 1 aliphatic rings. The van der Waals surface area contributed by atoms with Crippen molar-refractivity contribution in [2.24, 2.45) is 5.73 Å². The van der Waals surface area contributed by atoms with Crippen molar-refractivity contribution in [1.29, 1.82) is 0 Å². The van der Waals surface area contributed by atoms with Gasteiger partial charge < -0.3 is 11.1 Å². The minimum Gasteiger partial charge on any atom is -0.321 e. The fourth-order valence-electron chi connectivity index (χ4n) is 4.80. The van der Waals surface area contributed by atoms with E-state index in [0.717, 1.165) is 52.0 Å². The predicted molar refractivity (Wildman–Crippen MR) is 130 cm³/mol. The van der Waals surface area contributed by atoms with Gasteiger partial charge in [-0.1, -0.05) is 47.1 Å². The minimum atomic E-state index is -0.169. The highest BCUT2D eigenvalue weighted by Crippen LogP contribution is 2.38. The number of nitrogens with one attached hydrogen (secondary N) is 1. The van der Waals surface area contributed by atoms with Gasteiger partial charge >= 0.3 is 0 Å². The van der Waals surface area contributed by atoms with Crippen LogP contribution in [0.4, 0.5) is 0 Å². The first-order valence-electron chi connectivity index (χ1n) is 11.5. The molecule has 3 heterocycles. The molecule has 0 saturated heterocycles. The number of aromatic nitrogens is 4. The maximum atomic E-state index is 6.55. The normalized spacial score (nSPS) is 15.1. The molecule has 0 amide bonds. The molecule has 33 heavy (non-hydrogen) atoms. The molecule has 6 rings (SSSR count). The number of hydrogen-bond donors (Lipinski definition) is 2. The summed E-state index contributed by atoms with van der Waals surface area (Å²) in [7, 11) is 1.94. The second kappa shape index (κ2) is 7.76. The summed E-state index contributed by atoms with van der Waals surface area (Å²) in [4.78, 5) is 4.78. The van der Waals surface area contributed by atoms with E-state index < -0.39 is 0 Å². The van der Waals surface area contributed by atoms with Crippen molar-refractivity contribution in [3.05, 3.63) is 90.5 Å².